The zero-order valence-corrected chi connectivity index (χ0v) is 9.04. The molecular weight excluding hydrogens is 238 g/mol. The Bertz CT molecular complexity index is 643. The summed E-state index contributed by atoms with van der Waals surface area (Å²) in [6.07, 6.45) is 0. The monoisotopic (exact) mass is 244 g/mol. The smallest absolute Gasteiger partial charge is 0.197 e. The minimum absolute atomic E-state index is 0.0856. The number of hydrogen-bond acceptors (Lipinski definition) is 2. The highest BCUT2D eigenvalue weighted by Gasteiger charge is 2.33. The van der Waals surface area contributed by atoms with E-state index in [9.17, 15) is 18.4 Å². The van der Waals surface area contributed by atoms with Crippen LogP contribution < -0.4 is 0 Å². The molecule has 0 atom stereocenters. The fourth-order valence-corrected chi connectivity index (χ4v) is 2.16. The van der Waals surface area contributed by atoms with E-state index in [1.165, 1.54) is 24.3 Å². The molecule has 18 heavy (non-hydrogen) atoms. The number of benzene rings is 2. The van der Waals surface area contributed by atoms with Crippen molar-refractivity contribution >= 4 is 11.6 Å². The van der Waals surface area contributed by atoms with E-state index < -0.39 is 23.2 Å². The Hall–Kier alpha value is -2.36. The Kier molecular flexibility index (Phi) is 2.13. The Labute approximate surface area is 101 Å². The highest BCUT2D eigenvalue weighted by atomic mass is 19.1. The molecule has 0 heterocycles. The second-order valence-electron chi connectivity index (χ2n) is 3.98. The predicted molar refractivity (Wildman–Crippen MR) is 59.7 cm³/mol. The summed E-state index contributed by atoms with van der Waals surface area (Å²) in [5, 5.41) is 0. The van der Waals surface area contributed by atoms with Crippen molar-refractivity contribution in [3.05, 3.63) is 70.3 Å². The first-order valence-electron chi connectivity index (χ1n) is 5.27. The van der Waals surface area contributed by atoms with Gasteiger partial charge in [0, 0.05) is 11.1 Å². The van der Waals surface area contributed by atoms with Crippen molar-refractivity contribution in [1.82, 2.24) is 0 Å². The van der Waals surface area contributed by atoms with Crippen LogP contribution in [0.1, 0.15) is 31.8 Å². The van der Waals surface area contributed by atoms with Crippen molar-refractivity contribution in [1.29, 1.82) is 0 Å². The van der Waals surface area contributed by atoms with Crippen molar-refractivity contribution in [3.63, 3.8) is 0 Å². The third kappa shape index (κ3) is 1.26. The van der Waals surface area contributed by atoms with Crippen LogP contribution in [0.3, 0.4) is 0 Å². The van der Waals surface area contributed by atoms with Gasteiger partial charge in [-0.2, -0.15) is 0 Å². The van der Waals surface area contributed by atoms with E-state index in [2.05, 4.69) is 0 Å². The fourth-order valence-electron chi connectivity index (χ4n) is 2.16. The lowest BCUT2D eigenvalue weighted by Gasteiger charge is -2.17. The highest BCUT2D eigenvalue weighted by molar-refractivity contribution is 6.28. The molecular formula is C14H6F2O2. The summed E-state index contributed by atoms with van der Waals surface area (Å²) in [6, 6.07) is 7.51. The lowest BCUT2D eigenvalue weighted by Crippen LogP contribution is -2.23. The van der Waals surface area contributed by atoms with Gasteiger partial charge in [-0.25, -0.2) is 8.78 Å². The van der Waals surface area contributed by atoms with Crippen molar-refractivity contribution in [3.8, 4) is 0 Å². The van der Waals surface area contributed by atoms with E-state index in [0.29, 0.717) is 0 Å². The summed E-state index contributed by atoms with van der Waals surface area (Å²) in [5.74, 6) is -2.84. The second-order valence-corrected chi connectivity index (χ2v) is 3.98. The molecule has 2 aromatic carbocycles. The Morgan fingerprint density at radius 2 is 1.06 bits per heavy atom. The van der Waals surface area contributed by atoms with Gasteiger partial charge < -0.3 is 0 Å². The summed E-state index contributed by atoms with van der Waals surface area (Å²) in [6.45, 7) is 0. The molecule has 1 aliphatic carbocycles. The zero-order chi connectivity index (χ0) is 12.9. The molecule has 0 N–H and O–H groups in total. The van der Waals surface area contributed by atoms with E-state index in [-0.39, 0.29) is 22.3 Å². The molecule has 0 aliphatic heterocycles. The van der Waals surface area contributed by atoms with Crippen LogP contribution in [0.25, 0.3) is 0 Å². The number of carbonyl (C=O) groups excluding carboxylic acids is 2. The van der Waals surface area contributed by atoms with Gasteiger partial charge in [0.05, 0.1) is 11.1 Å². The summed E-state index contributed by atoms with van der Waals surface area (Å²) in [7, 11) is 0. The molecule has 0 fully saturated rings. The SMILES string of the molecule is O=C1c2cccc(F)c2C(=O)c2cccc(F)c21. The Balaban J connectivity index is 2.40. The summed E-state index contributed by atoms with van der Waals surface area (Å²) in [5.41, 5.74) is -0.726. The van der Waals surface area contributed by atoms with E-state index >= 15 is 0 Å². The van der Waals surface area contributed by atoms with Crippen molar-refractivity contribution in [2.45, 2.75) is 0 Å². The molecule has 3 rings (SSSR count). The van der Waals surface area contributed by atoms with E-state index in [0.717, 1.165) is 12.1 Å². The topological polar surface area (TPSA) is 34.1 Å². The molecule has 0 amide bonds. The largest absolute Gasteiger partial charge is 0.288 e. The first kappa shape index (κ1) is 10.8. The molecule has 2 aromatic rings. The van der Waals surface area contributed by atoms with Gasteiger partial charge >= 0.3 is 0 Å². The first-order valence-corrected chi connectivity index (χ1v) is 5.27. The Morgan fingerprint density at radius 1 is 0.667 bits per heavy atom. The van der Waals surface area contributed by atoms with Gasteiger partial charge in [0.1, 0.15) is 11.6 Å². The number of carbonyl (C=O) groups is 2. The average Bonchev–Trinajstić information content (AvgIpc) is 2.35. The molecule has 0 bridgehead atoms. The van der Waals surface area contributed by atoms with Crippen LogP contribution >= 0.6 is 0 Å². The van der Waals surface area contributed by atoms with Crippen LogP contribution in [0.15, 0.2) is 36.4 Å². The van der Waals surface area contributed by atoms with Gasteiger partial charge in [0.2, 0.25) is 0 Å². The number of hydrogen-bond donors (Lipinski definition) is 0. The minimum Gasteiger partial charge on any atom is -0.288 e. The van der Waals surface area contributed by atoms with Crippen molar-refractivity contribution < 1.29 is 18.4 Å². The van der Waals surface area contributed by atoms with Crippen LogP contribution in [-0.2, 0) is 0 Å². The normalized spacial score (nSPS) is 13.2. The quantitative estimate of drug-likeness (QED) is 0.609. The maximum Gasteiger partial charge on any atom is 0.197 e. The predicted octanol–water partition coefficient (Wildman–Crippen LogP) is 2.74. The van der Waals surface area contributed by atoms with Crippen LogP contribution in [0.5, 0.6) is 0 Å². The van der Waals surface area contributed by atoms with Gasteiger partial charge in [-0.15, -0.1) is 0 Å². The lowest BCUT2D eigenvalue weighted by molar-refractivity contribution is 0.0972. The van der Waals surface area contributed by atoms with Crippen molar-refractivity contribution in [2.75, 3.05) is 0 Å². The van der Waals surface area contributed by atoms with E-state index in [1.54, 1.807) is 0 Å². The highest BCUT2D eigenvalue weighted by Crippen LogP contribution is 2.30. The molecule has 1 aliphatic rings. The van der Waals surface area contributed by atoms with Crippen LogP contribution in [0.4, 0.5) is 8.78 Å². The molecule has 0 saturated heterocycles. The van der Waals surface area contributed by atoms with Crippen molar-refractivity contribution in [2.24, 2.45) is 0 Å². The number of halogens is 2. The van der Waals surface area contributed by atoms with Crippen LogP contribution in [0.2, 0.25) is 0 Å². The number of rotatable bonds is 0. The molecule has 0 saturated carbocycles. The zero-order valence-electron chi connectivity index (χ0n) is 9.04. The molecule has 0 radical (unpaired) electrons. The fraction of sp³-hybridized carbons (Fsp3) is 0. The third-order valence-electron chi connectivity index (χ3n) is 2.97. The van der Waals surface area contributed by atoms with E-state index in [1.807, 2.05) is 0 Å². The molecule has 2 nitrogen and oxygen atoms in total. The third-order valence-corrected chi connectivity index (χ3v) is 2.97. The molecule has 0 unspecified atom stereocenters. The maximum atomic E-state index is 13.6. The Morgan fingerprint density at radius 3 is 1.44 bits per heavy atom. The van der Waals surface area contributed by atoms with Crippen LogP contribution in [-0.4, -0.2) is 11.6 Å². The molecule has 4 heteroatoms. The van der Waals surface area contributed by atoms with Gasteiger partial charge in [0.25, 0.3) is 0 Å². The molecule has 88 valence electrons. The summed E-state index contributed by atoms with van der Waals surface area (Å²) < 4.78 is 27.2. The van der Waals surface area contributed by atoms with Gasteiger partial charge in [-0.1, -0.05) is 24.3 Å². The van der Waals surface area contributed by atoms with Crippen LogP contribution in [0, 0.1) is 11.6 Å². The lowest BCUT2D eigenvalue weighted by atomic mass is 9.83. The summed E-state index contributed by atoms with van der Waals surface area (Å²) in [4.78, 5) is 24.1. The minimum atomic E-state index is -0.763. The molecule has 0 spiro atoms. The number of fused-ring (bicyclic) bond motifs is 2. The van der Waals surface area contributed by atoms with Gasteiger partial charge in [-0.05, 0) is 12.1 Å². The van der Waals surface area contributed by atoms with E-state index in [4.69, 9.17) is 0 Å². The first-order chi connectivity index (χ1) is 8.61. The maximum absolute atomic E-state index is 13.6. The van der Waals surface area contributed by atoms with Gasteiger partial charge in [0.15, 0.2) is 11.6 Å². The summed E-state index contributed by atoms with van der Waals surface area (Å²) >= 11 is 0. The second kappa shape index (κ2) is 3.57. The van der Waals surface area contributed by atoms with Gasteiger partial charge in [-0.3, -0.25) is 9.59 Å². The standard InChI is InChI=1S/C14H6F2O2/c15-9-5-1-3-7-11(9)14(18)8-4-2-6-10(16)12(8)13(7)17/h1-6H. The number of ketones is 2. The molecule has 0 aromatic heterocycles. The average molecular weight is 244 g/mol.